The van der Waals surface area contributed by atoms with Crippen LogP contribution in [0.2, 0.25) is 0 Å². The van der Waals surface area contributed by atoms with Crippen LogP contribution >= 0.6 is 0 Å². The minimum absolute atomic E-state index is 0.0326. The molecule has 12 heteroatoms. The van der Waals surface area contributed by atoms with Crippen molar-refractivity contribution in [3.8, 4) is 11.1 Å². The summed E-state index contributed by atoms with van der Waals surface area (Å²) < 4.78 is 94.7. The zero-order valence-electron chi connectivity index (χ0n) is 17.7. The molecule has 5 nitrogen and oxygen atoms in total. The van der Waals surface area contributed by atoms with E-state index in [0.29, 0.717) is 23.3 Å². The normalized spacial score (nSPS) is 16.3. The molecule has 35 heavy (non-hydrogen) atoms. The molecule has 4 rings (SSSR count). The van der Waals surface area contributed by atoms with Gasteiger partial charge in [-0.25, -0.2) is 4.39 Å². The lowest BCUT2D eigenvalue weighted by molar-refractivity contribution is -0.143. The van der Waals surface area contributed by atoms with Gasteiger partial charge in [0.1, 0.15) is 5.82 Å². The fraction of sp³-hybridized carbons (Fsp3) is 0.217. The summed E-state index contributed by atoms with van der Waals surface area (Å²) in [5.41, 5.74) is 3.41. The van der Waals surface area contributed by atoms with E-state index < -0.39 is 41.1 Å². The molecule has 1 unspecified atom stereocenters. The molecule has 1 aliphatic rings. The van der Waals surface area contributed by atoms with Gasteiger partial charge in [0.2, 0.25) is 6.23 Å². The molecular weight excluding hydrogens is 481 g/mol. The van der Waals surface area contributed by atoms with Crippen LogP contribution in [-0.2, 0) is 23.7 Å². The van der Waals surface area contributed by atoms with Crippen molar-refractivity contribution < 1.29 is 35.6 Å². The van der Waals surface area contributed by atoms with Crippen LogP contribution in [0.15, 0.2) is 66.1 Å². The van der Waals surface area contributed by atoms with E-state index in [0.717, 1.165) is 0 Å². The van der Waals surface area contributed by atoms with Gasteiger partial charge in [-0.15, -0.1) is 0 Å². The number of rotatable bonds is 5. The van der Waals surface area contributed by atoms with E-state index >= 15 is 0 Å². The van der Waals surface area contributed by atoms with Crippen molar-refractivity contribution in [3.63, 3.8) is 0 Å². The number of oxime groups is 1. The molecule has 3 aromatic rings. The largest absolute Gasteiger partial charge is 0.416 e. The number of benzene rings is 2. The SMILES string of the molecule is NCC1=NOC(c2cc(C(F)(F)F)cc(C(F)(F)F)c2)N1Cc1cnccc1-c1ccccc1F. The van der Waals surface area contributed by atoms with Crippen LogP contribution in [0, 0.1) is 5.82 Å². The minimum atomic E-state index is -5.03. The molecule has 0 saturated heterocycles. The van der Waals surface area contributed by atoms with Crippen LogP contribution in [0.4, 0.5) is 30.7 Å². The number of aromatic nitrogens is 1. The van der Waals surface area contributed by atoms with Gasteiger partial charge in [0.25, 0.3) is 0 Å². The third kappa shape index (κ3) is 5.06. The summed E-state index contributed by atoms with van der Waals surface area (Å²) in [6, 6.07) is 8.65. The second kappa shape index (κ2) is 9.17. The molecule has 1 aliphatic heterocycles. The van der Waals surface area contributed by atoms with Crippen molar-refractivity contribution in [2.45, 2.75) is 25.1 Å². The maximum atomic E-state index is 14.5. The first kappa shape index (κ1) is 24.5. The average molecular weight is 498 g/mol. The van der Waals surface area contributed by atoms with Crippen molar-refractivity contribution in [1.82, 2.24) is 9.88 Å². The van der Waals surface area contributed by atoms with Crippen molar-refractivity contribution >= 4 is 5.84 Å². The van der Waals surface area contributed by atoms with Gasteiger partial charge in [-0.3, -0.25) is 4.98 Å². The Morgan fingerprint density at radius 2 is 1.57 bits per heavy atom. The lowest BCUT2D eigenvalue weighted by Gasteiger charge is -2.27. The zero-order valence-corrected chi connectivity index (χ0v) is 17.7. The van der Waals surface area contributed by atoms with E-state index in [1.807, 2.05) is 0 Å². The molecule has 0 bridgehead atoms. The first-order valence-corrected chi connectivity index (χ1v) is 10.2. The maximum Gasteiger partial charge on any atom is 0.416 e. The Labute approximate surface area is 194 Å². The van der Waals surface area contributed by atoms with Gasteiger partial charge in [0.05, 0.1) is 24.2 Å². The first-order valence-electron chi connectivity index (χ1n) is 10.2. The number of nitrogens with zero attached hydrogens (tertiary/aromatic N) is 3. The molecule has 0 spiro atoms. The molecule has 0 radical (unpaired) electrons. The summed E-state index contributed by atoms with van der Waals surface area (Å²) in [7, 11) is 0. The van der Waals surface area contributed by atoms with Gasteiger partial charge in [-0.2, -0.15) is 26.3 Å². The van der Waals surface area contributed by atoms with E-state index in [2.05, 4.69) is 10.1 Å². The summed E-state index contributed by atoms with van der Waals surface area (Å²) in [6.07, 6.45) is -8.65. The fourth-order valence-corrected chi connectivity index (χ4v) is 3.73. The number of amidine groups is 1. The molecule has 0 amide bonds. The number of hydrogen-bond acceptors (Lipinski definition) is 5. The molecule has 2 N–H and O–H groups in total. The number of alkyl halides is 6. The number of hydrogen-bond donors (Lipinski definition) is 1. The molecule has 0 fully saturated rings. The zero-order chi connectivity index (χ0) is 25.4. The molecule has 0 saturated carbocycles. The lowest BCUT2D eigenvalue weighted by Crippen LogP contribution is -2.35. The highest BCUT2D eigenvalue weighted by Gasteiger charge is 2.40. The quantitative estimate of drug-likeness (QED) is 0.457. The van der Waals surface area contributed by atoms with Gasteiger partial charge in [0.15, 0.2) is 5.84 Å². The molecule has 1 atom stereocenters. The van der Waals surface area contributed by atoms with E-state index in [-0.39, 0.29) is 30.6 Å². The van der Waals surface area contributed by atoms with Crippen LogP contribution < -0.4 is 5.73 Å². The summed E-state index contributed by atoms with van der Waals surface area (Å²) in [6.45, 7) is -0.341. The van der Waals surface area contributed by atoms with Gasteiger partial charge < -0.3 is 15.5 Å². The molecule has 0 aliphatic carbocycles. The van der Waals surface area contributed by atoms with E-state index in [1.165, 1.54) is 35.5 Å². The predicted octanol–water partition coefficient (Wildman–Crippen LogP) is 5.73. The molecular formula is C23H17F7N4O. The summed E-state index contributed by atoms with van der Waals surface area (Å²) in [5.74, 6) is -0.432. The molecule has 1 aromatic heterocycles. The fourth-order valence-electron chi connectivity index (χ4n) is 3.73. The van der Waals surface area contributed by atoms with Gasteiger partial charge in [-0.1, -0.05) is 23.4 Å². The van der Waals surface area contributed by atoms with E-state index in [4.69, 9.17) is 10.6 Å². The second-order valence-corrected chi connectivity index (χ2v) is 7.65. The average Bonchev–Trinajstić information content (AvgIpc) is 3.21. The second-order valence-electron chi connectivity index (χ2n) is 7.65. The Balaban J connectivity index is 1.77. The smallest absolute Gasteiger partial charge is 0.364 e. The van der Waals surface area contributed by atoms with Gasteiger partial charge in [-0.05, 0) is 41.5 Å². The third-order valence-electron chi connectivity index (χ3n) is 5.36. The van der Waals surface area contributed by atoms with Crippen molar-refractivity contribution in [3.05, 3.63) is 89.0 Å². The highest BCUT2D eigenvalue weighted by Crippen LogP contribution is 2.40. The third-order valence-corrected chi connectivity index (χ3v) is 5.36. The summed E-state index contributed by atoms with van der Waals surface area (Å²) in [4.78, 5) is 10.6. The van der Waals surface area contributed by atoms with Crippen LogP contribution in [-0.4, -0.2) is 22.3 Å². The highest BCUT2D eigenvalue weighted by atomic mass is 19.4. The van der Waals surface area contributed by atoms with E-state index in [1.54, 1.807) is 12.1 Å². The Morgan fingerprint density at radius 3 is 2.17 bits per heavy atom. The summed E-state index contributed by atoms with van der Waals surface area (Å²) >= 11 is 0. The molecule has 184 valence electrons. The number of halogens is 7. The van der Waals surface area contributed by atoms with Gasteiger partial charge in [0, 0.05) is 23.5 Å². The lowest BCUT2D eigenvalue weighted by atomic mass is 10.00. The molecule has 2 heterocycles. The number of nitrogens with two attached hydrogens (primary N) is 1. The van der Waals surface area contributed by atoms with Crippen LogP contribution in [0.1, 0.15) is 28.5 Å². The monoisotopic (exact) mass is 498 g/mol. The van der Waals surface area contributed by atoms with Crippen LogP contribution in [0.3, 0.4) is 0 Å². The highest BCUT2D eigenvalue weighted by molar-refractivity contribution is 5.85. The van der Waals surface area contributed by atoms with Crippen molar-refractivity contribution in [1.29, 1.82) is 0 Å². The first-order chi connectivity index (χ1) is 16.5. The number of pyridine rings is 1. The Bertz CT molecular complexity index is 1220. The topological polar surface area (TPSA) is 63.7 Å². The van der Waals surface area contributed by atoms with Crippen LogP contribution in [0.5, 0.6) is 0 Å². The minimum Gasteiger partial charge on any atom is -0.364 e. The van der Waals surface area contributed by atoms with Crippen LogP contribution in [0.25, 0.3) is 11.1 Å². The molecule has 2 aromatic carbocycles. The Morgan fingerprint density at radius 1 is 0.914 bits per heavy atom. The van der Waals surface area contributed by atoms with E-state index in [9.17, 15) is 30.7 Å². The maximum absolute atomic E-state index is 14.5. The summed E-state index contributed by atoms with van der Waals surface area (Å²) in [5, 5.41) is 3.75. The van der Waals surface area contributed by atoms with Crippen molar-refractivity contribution in [2.24, 2.45) is 10.9 Å². The Hall–Kier alpha value is -3.67. The standard InChI is InChI=1S/C23H17F7N4O/c24-19-4-2-1-3-18(19)17-5-6-32-11-14(17)12-34-20(10-31)33-35-21(34)13-7-15(22(25,26)27)9-16(8-13)23(28,29)30/h1-9,11,21H,10,12,31H2. The Kier molecular flexibility index (Phi) is 6.41. The van der Waals surface area contributed by atoms with Crippen molar-refractivity contribution in [2.75, 3.05) is 6.54 Å². The van der Waals surface area contributed by atoms with Gasteiger partial charge >= 0.3 is 12.4 Å². The predicted molar refractivity (Wildman–Crippen MR) is 112 cm³/mol.